The molecule has 0 fully saturated rings. The van der Waals surface area contributed by atoms with Crippen LogP contribution >= 0.6 is 15.9 Å². The first-order valence-electron chi connectivity index (χ1n) is 5.42. The molecule has 0 spiro atoms. The Morgan fingerprint density at radius 3 is 2.75 bits per heavy atom. The van der Waals surface area contributed by atoms with Crippen molar-refractivity contribution in [1.82, 2.24) is 0 Å². The lowest BCUT2D eigenvalue weighted by Gasteiger charge is -2.13. The van der Waals surface area contributed by atoms with E-state index in [1.54, 1.807) is 6.07 Å². The van der Waals surface area contributed by atoms with E-state index in [9.17, 15) is 4.39 Å². The van der Waals surface area contributed by atoms with Crippen molar-refractivity contribution in [3.63, 3.8) is 0 Å². The summed E-state index contributed by atoms with van der Waals surface area (Å²) in [7, 11) is 0. The van der Waals surface area contributed by atoms with E-state index in [-0.39, 0.29) is 12.2 Å². The molecule has 1 rings (SSSR count). The third-order valence-corrected chi connectivity index (χ3v) is 3.53. The summed E-state index contributed by atoms with van der Waals surface area (Å²) in [5.41, 5.74) is 1.19. The number of rotatable bonds is 4. The fourth-order valence-electron chi connectivity index (χ4n) is 1.55. The van der Waals surface area contributed by atoms with Crippen LogP contribution in [0.3, 0.4) is 0 Å². The fraction of sp³-hybridized carbons (Fsp3) is 0.462. The highest BCUT2D eigenvalue weighted by Gasteiger charge is 2.13. The van der Waals surface area contributed by atoms with Gasteiger partial charge >= 0.3 is 0 Å². The number of halogens is 2. The van der Waals surface area contributed by atoms with Crippen LogP contribution in [-0.4, -0.2) is 0 Å². The Morgan fingerprint density at radius 1 is 1.50 bits per heavy atom. The number of nitriles is 1. The van der Waals surface area contributed by atoms with Gasteiger partial charge in [0, 0.05) is 15.6 Å². The SMILES string of the molecule is CCC(C)Cc1c(Br)ccc(CC#N)c1F. The largest absolute Gasteiger partial charge is 0.206 e. The topological polar surface area (TPSA) is 23.8 Å². The van der Waals surface area contributed by atoms with Gasteiger partial charge in [-0.1, -0.05) is 42.3 Å². The van der Waals surface area contributed by atoms with Crippen LogP contribution in [0.25, 0.3) is 0 Å². The molecular weight excluding hydrogens is 269 g/mol. The lowest BCUT2D eigenvalue weighted by molar-refractivity contribution is 0.526. The summed E-state index contributed by atoms with van der Waals surface area (Å²) in [6.45, 7) is 4.19. The second-order valence-electron chi connectivity index (χ2n) is 4.05. The number of hydrogen-bond acceptors (Lipinski definition) is 1. The highest BCUT2D eigenvalue weighted by atomic mass is 79.9. The van der Waals surface area contributed by atoms with E-state index < -0.39 is 0 Å². The van der Waals surface area contributed by atoms with Crippen LogP contribution in [0.15, 0.2) is 16.6 Å². The van der Waals surface area contributed by atoms with Crippen LogP contribution in [-0.2, 0) is 12.8 Å². The van der Waals surface area contributed by atoms with E-state index in [4.69, 9.17) is 5.26 Å². The van der Waals surface area contributed by atoms with E-state index >= 15 is 0 Å². The van der Waals surface area contributed by atoms with Crippen LogP contribution in [0.4, 0.5) is 4.39 Å². The molecule has 0 aliphatic heterocycles. The monoisotopic (exact) mass is 283 g/mol. The minimum Gasteiger partial charge on any atom is -0.206 e. The smallest absolute Gasteiger partial charge is 0.131 e. The standard InChI is InChI=1S/C13H15BrFN/c1-3-9(2)8-11-12(14)5-4-10(6-7-16)13(11)15/h4-5,9H,3,6,8H2,1-2H3. The van der Waals surface area contributed by atoms with Gasteiger partial charge in [0.2, 0.25) is 0 Å². The van der Waals surface area contributed by atoms with Crippen molar-refractivity contribution in [2.24, 2.45) is 5.92 Å². The zero-order valence-electron chi connectivity index (χ0n) is 9.56. The average Bonchev–Trinajstić information content (AvgIpc) is 2.28. The maximum atomic E-state index is 14.0. The van der Waals surface area contributed by atoms with E-state index in [0.717, 1.165) is 10.9 Å². The maximum absolute atomic E-state index is 14.0. The minimum atomic E-state index is -0.226. The first-order chi connectivity index (χ1) is 7.60. The van der Waals surface area contributed by atoms with Crippen molar-refractivity contribution in [1.29, 1.82) is 5.26 Å². The van der Waals surface area contributed by atoms with Crippen molar-refractivity contribution >= 4 is 15.9 Å². The van der Waals surface area contributed by atoms with Gasteiger partial charge in [0.1, 0.15) is 5.82 Å². The molecule has 0 N–H and O–H groups in total. The predicted octanol–water partition coefficient (Wildman–Crippen LogP) is 4.24. The molecule has 1 aromatic rings. The van der Waals surface area contributed by atoms with Gasteiger partial charge < -0.3 is 0 Å². The highest BCUT2D eigenvalue weighted by Crippen LogP contribution is 2.26. The molecule has 1 aromatic carbocycles. The first-order valence-corrected chi connectivity index (χ1v) is 6.22. The van der Waals surface area contributed by atoms with Gasteiger partial charge in [-0.15, -0.1) is 0 Å². The maximum Gasteiger partial charge on any atom is 0.131 e. The summed E-state index contributed by atoms with van der Waals surface area (Å²) in [5.74, 6) is 0.222. The van der Waals surface area contributed by atoms with Crippen molar-refractivity contribution in [3.8, 4) is 6.07 Å². The van der Waals surface area contributed by atoms with Gasteiger partial charge in [-0.2, -0.15) is 5.26 Å². The molecule has 0 amide bonds. The Balaban J connectivity index is 3.06. The Bertz CT molecular complexity index is 409. The quantitative estimate of drug-likeness (QED) is 0.811. The molecule has 0 aliphatic rings. The number of hydrogen-bond donors (Lipinski definition) is 0. The van der Waals surface area contributed by atoms with E-state index in [1.165, 1.54) is 0 Å². The molecule has 1 atom stereocenters. The molecule has 0 radical (unpaired) electrons. The molecule has 0 aliphatic carbocycles. The van der Waals surface area contributed by atoms with E-state index in [1.807, 2.05) is 12.1 Å². The zero-order chi connectivity index (χ0) is 12.1. The van der Waals surface area contributed by atoms with Gasteiger partial charge in [-0.3, -0.25) is 0 Å². The minimum absolute atomic E-state index is 0.132. The Hall–Kier alpha value is -0.880. The summed E-state index contributed by atoms with van der Waals surface area (Å²) >= 11 is 3.37. The van der Waals surface area contributed by atoms with Crippen molar-refractivity contribution in [2.75, 3.05) is 0 Å². The van der Waals surface area contributed by atoms with Gasteiger partial charge in [0.05, 0.1) is 12.5 Å². The highest BCUT2D eigenvalue weighted by molar-refractivity contribution is 9.10. The molecule has 0 saturated heterocycles. The van der Waals surface area contributed by atoms with Gasteiger partial charge in [0.25, 0.3) is 0 Å². The lowest BCUT2D eigenvalue weighted by Crippen LogP contribution is -2.04. The summed E-state index contributed by atoms with van der Waals surface area (Å²) < 4.78 is 14.8. The third-order valence-electron chi connectivity index (χ3n) is 2.79. The Kier molecular flexibility index (Phi) is 4.95. The third kappa shape index (κ3) is 3.05. The van der Waals surface area contributed by atoms with Gasteiger partial charge in [-0.25, -0.2) is 4.39 Å². The summed E-state index contributed by atoms with van der Waals surface area (Å²) in [4.78, 5) is 0. The summed E-state index contributed by atoms with van der Waals surface area (Å²) in [5, 5.41) is 8.60. The number of benzene rings is 1. The van der Waals surface area contributed by atoms with E-state index in [2.05, 4.69) is 29.8 Å². The second kappa shape index (κ2) is 6.00. The Labute approximate surface area is 104 Å². The van der Waals surface area contributed by atoms with Crippen molar-refractivity contribution in [2.45, 2.75) is 33.1 Å². The molecule has 16 heavy (non-hydrogen) atoms. The van der Waals surface area contributed by atoms with Crippen LogP contribution in [0, 0.1) is 23.1 Å². The molecule has 86 valence electrons. The summed E-state index contributed by atoms with van der Waals surface area (Å²) in [6, 6.07) is 5.48. The van der Waals surface area contributed by atoms with E-state index in [0.29, 0.717) is 23.5 Å². The fourth-order valence-corrected chi connectivity index (χ4v) is 2.02. The summed E-state index contributed by atoms with van der Waals surface area (Å²) in [6.07, 6.45) is 1.86. The normalized spacial score (nSPS) is 12.2. The zero-order valence-corrected chi connectivity index (χ0v) is 11.1. The van der Waals surface area contributed by atoms with Crippen LogP contribution in [0.1, 0.15) is 31.4 Å². The lowest BCUT2D eigenvalue weighted by atomic mass is 9.96. The molecule has 0 saturated carbocycles. The molecular formula is C13H15BrFN. The van der Waals surface area contributed by atoms with Gasteiger partial charge in [-0.05, 0) is 18.4 Å². The van der Waals surface area contributed by atoms with Crippen LogP contribution in [0.5, 0.6) is 0 Å². The average molecular weight is 284 g/mol. The molecule has 3 heteroatoms. The van der Waals surface area contributed by atoms with Crippen LogP contribution in [0.2, 0.25) is 0 Å². The molecule has 0 heterocycles. The molecule has 1 unspecified atom stereocenters. The van der Waals surface area contributed by atoms with Crippen LogP contribution < -0.4 is 0 Å². The Morgan fingerprint density at radius 2 is 2.19 bits per heavy atom. The molecule has 0 aromatic heterocycles. The molecule has 0 bridgehead atoms. The second-order valence-corrected chi connectivity index (χ2v) is 4.91. The molecule has 1 nitrogen and oxygen atoms in total. The number of nitrogens with zero attached hydrogens (tertiary/aromatic N) is 1. The van der Waals surface area contributed by atoms with Gasteiger partial charge in [0.15, 0.2) is 0 Å². The van der Waals surface area contributed by atoms with Crippen molar-refractivity contribution in [3.05, 3.63) is 33.5 Å². The first kappa shape index (κ1) is 13.2. The van der Waals surface area contributed by atoms with Crippen molar-refractivity contribution < 1.29 is 4.39 Å². The predicted molar refractivity (Wildman–Crippen MR) is 66.6 cm³/mol.